The summed E-state index contributed by atoms with van der Waals surface area (Å²) in [5.74, 6) is -1.31. The Bertz CT molecular complexity index is 772. The summed E-state index contributed by atoms with van der Waals surface area (Å²) < 4.78 is 0. The zero-order valence-electron chi connectivity index (χ0n) is 12.1. The van der Waals surface area contributed by atoms with E-state index in [-0.39, 0.29) is 5.06 Å². The molecule has 2 aromatic carbocycles. The number of carbonyl (C=O) groups is 2. The van der Waals surface area contributed by atoms with Gasteiger partial charge in [-0.2, -0.15) is 0 Å². The summed E-state index contributed by atoms with van der Waals surface area (Å²) in [6, 6.07) is 9.04. The maximum Gasteiger partial charge on any atom is 0.285 e. The molecule has 0 unspecified atom stereocenters. The average Bonchev–Trinajstić information content (AvgIpc) is 2.58. The number of anilines is 1. The second-order valence-corrected chi connectivity index (χ2v) is 5.83. The van der Waals surface area contributed by atoms with Gasteiger partial charge in [0.15, 0.2) is 0 Å². The number of hydroxylamine groups is 2. The Hall–Kier alpha value is -2.40. The molecule has 0 bridgehead atoms. The number of hydrogen-bond donors (Lipinski definition) is 1. The third-order valence-electron chi connectivity index (χ3n) is 4.56. The van der Waals surface area contributed by atoms with Gasteiger partial charge in [0.1, 0.15) is 0 Å². The fourth-order valence-corrected chi connectivity index (χ4v) is 3.48. The van der Waals surface area contributed by atoms with Crippen molar-refractivity contribution in [1.82, 2.24) is 5.06 Å². The van der Waals surface area contributed by atoms with E-state index < -0.39 is 11.8 Å². The molecule has 4 rings (SSSR count). The van der Waals surface area contributed by atoms with Crippen LogP contribution < -0.4 is 4.90 Å². The monoisotopic (exact) mass is 296 g/mol. The molecule has 112 valence electrons. The molecule has 0 saturated carbocycles. The molecule has 2 heterocycles. The third-order valence-corrected chi connectivity index (χ3v) is 4.56. The van der Waals surface area contributed by atoms with Crippen molar-refractivity contribution in [3.05, 3.63) is 41.5 Å². The molecule has 2 aromatic rings. The fraction of sp³-hybridized carbons (Fsp3) is 0.294. The van der Waals surface area contributed by atoms with Gasteiger partial charge in [-0.15, -0.1) is 5.06 Å². The zero-order valence-corrected chi connectivity index (χ0v) is 12.1. The van der Waals surface area contributed by atoms with Gasteiger partial charge in [-0.3, -0.25) is 14.8 Å². The maximum atomic E-state index is 12.1. The van der Waals surface area contributed by atoms with Crippen molar-refractivity contribution in [1.29, 1.82) is 0 Å². The predicted octanol–water partition coefficient (Wildman–Crippen LogP) is 2.82. The van der Waals surface area contributed by atoms with E-state index in [0.717, 1.165) is 37.0 Å². The highest BCUT2D eigenvalue weighted by molar-refractivity contribution is 6.26. The molecule has 5 heteroatoms. The van der Waals surface area contributed by atoms with Crippen LogP contribution in [0.3, 0.4) is 0 Å². The lowest BCUT2D eigenvalue weighted by atomic mass is 9.93. The molecule has 22 heavy (non-hydrogen) atoms. The number of carbonyl (C=O) groups excluding carboxylic acids is 2. The Balaban J connectivity index is 1.98. The van der Waals surface area contributed by atoms with E-state index >= 15 is 0 Å². The van der Waals surface area contributed by atoms with Gasteiger partial charge in [-0.25, -0.2) is 0 Å². The topological polar surface area (TPSA) is 60.9 Å². The Morgan fingerprint density at radius 3 is 2.27 bits per heavy atom. The smallest absolute Gasteiger partial charge is 0.285 e. The van der Waals surface area contributed by atoms with Gasteiger partial charge in [0, 0.05) is 29.5 Å². The minimum absolute atomic E-state index is 0.206. The molecule has 2 aliphatic rings. The van der Waals surface area contributed by atoms with Crippen molar-refractivity contribution in [2.75, 3.05) is 18.0 Å². The number of hydrogen-bond acceptors (Lipinski definition) is 4. The summed E-state index contributed by atoms with van der Waals surface area (Å²) in [5, 5.41) is 11.5. The van der Waals surface area contributed by atoms with E-state index in [1.807, 2.05) is 12.1 Å². The fourth-order valence-electron chi connectivity index (χ4n) is 3.48. The van der Waals surface area contributed by atoms with Crippen molar-refractivity contribution < 1.29 is 14.8 Å². The molecule has 5 nitrogen and oxygen atoms in total. The van der Waals surface area contributed by atoms with Gasteiger partial charge in [0.05, 0.1) is 11.1 Å². The molecule has 0 aromatic heterocycles. The van der Waals surface area contributed by atoms with Gasteiger partial charge in [-0.1, -0.05) is 12.1 Å². The third kappa shape index (κ3) is 1.75. The standard InChI is InChI=1S/C17H16N2O3/c20-16-12-6-4-5-11-14(18-9-2-1-3-10-18)8-7-13(15(11)12)17(21)19(16)22/h4-8,22H,1-3,9-10H2. The molecular weight excluding hydrogens is 280 g/mol. The van der Waals surface area contributed by atoms with E-state index in [2.05, 4.69) is 4.90 Å². The van der Waals surface area contributed by atoms with Crippen molar-refractivity contribution >= 4 is 28.3 Å². The first kappa shape index (κ1) is 13.3. The van der Waals surface area contributed by atoms with Crippen LogP contribution in [0.4, 0.5) is 5.69 Å². The maximum absolute atomic E-state index is 12.1. The molecule has 1 fully saturated rings. The van der Waals surface area contributed by atoms with Crippen molar-refractivity contribution in [3.8, 4) is 0 Å². The van der Waals surface area contributed by atoms with E-state index in [9.17, 15) is 14.8 Å². The first-order valence-corrected chi connectivity index (χ1v) is 7.57. The average molecular weight is 296 g/mol. The summed E-state index contributed by atoms with van der Waals surface area (Å²) in [6.07, 6.45) is 3.56. The van der Waals surface area contributed by atoms with Crippen molar-refractivity contribution in [2.24, 2.45) is 0 Å². The normalized spacial score (nSPS) is 18.2. The van der Waals surface area contributed by atoms with Gasteiger partial charge >= 0.3 is 0 Å². The van der Waals surface area contributed by atoms with Crippen LogP contribution in [0.15, 0.2) is 30.3 Å². The quantitative estimate of drug-likeness (QED) is 0.649. The Morgan fingerprint density at radius 2 is 1.55 bits per heavy atom. The highest BCUT2D eigenvalue weighted by Crippen LogP contribution is 2.36. The largest absolute Gasteiger partial charge is 0.371 e. The first-order valence-electron chi connectivity index (χ1n) is 7.57. The lowest BCUT2D eigenvalue weighted by molar-refractivity contribution is -0.0377. The number of rotatable bonds is 1. The molecule has 0 atom stereocenters. The molecule has 1 saturated heterocycles. The number of imide groups is 1. The minimum Gasteiger partial charge on any atom is -0.371 e. The van der Waals surface area contributed by atoms with Crippen LogP contribution in [0, 0.1) is 0 Å². The summed E-state index contributed by atoms with van der Waals surface area (Å²) in [5.41, 5.74) is 1.83. The summed E-state index contributed by atoms with van der Waals surface area (Å²) >= 11 is 0. The molecule has 0 spiro atoms. The van der Waals surface area contributed by atoms with Crippen LogP contribution in [-0.2, 0) is 0 Å². The summed E-state index contributed by atoms with van der Waals surface area (Å²) in [6.45, 7) is 1.99. The van der Waals surface area contributed by atoms with Gasteiger partial charge in [0.2, 0.25) is 0 Å². The molecule has 1 N–H and O–H groups in total. The molecule has 0 radical (unpaired) electrons. The Kier molecular flexibility index (Phi) is 2.90. The van der Waals surface area contributed by atoms with Crippen LogP contribution >= 0.6 is 0 Å². The van der Waals surface area contributed by atoms with Crippen LogP contribution in [0.2, 0.25) is 0 Å². The number of amides is 2. The van der Waals surface area contributed by atoms with Crippen LogP contribution in [0.25, 0.3) is 10.8 Å². The first-order chi connectivity index (χ1) is 10.7. The van der Waals surface area contributed by atoms with Gasteiger partial charge in [0.25, 0.3) is 11.8 Å². The summed E-state index contributed by atoms with van der Waals surface area (Å²) in [4.78, 5) is 26.6. The van der Waals surface area contributed by atoms with E-state index in [4.69, 9.17) is 0 Å². The number of piperidine rings is 1. The van der Waals surface area contributed by atoms with Gasteiger partial charge < -0.3 is 4.90 Å². The zero-order chi connectivity index (χ0) is 15.3. The highest BCUT2D eigenvalue weighted by atomic mass is 16.5. The molecule has 2 aliphatic heterocycles. The minimum atomic E-state index is -0.654. The lowest BCUT2D eigenvalue weighted by Crippen LogP contribution is -2.37. The summed E-state index contributed by atoms with van der Waals surface area (Å²) in [7, 11) is 0. The highest BCUT2D eigenvalue weighted by Gasteiger charge is 2.33. The van der Waals surface area contributed by atoms with E-state index in [1.54, 1.807) is 18.2 Å². The van der Waals surface area contributed by atoms with Crippen molar-refractivity contribution in [2.45, 2.75) is 19.3 Å². The number of nitrogens with zero attached hydrogens (tertiary/aromatic N) is 2. The predicted molar refractivity (Wildman–Crippen MR) is 82.3 cm³/mol. The van der Waals surface area contributed by atoms with E-state index in [1.165, 1.54) is 6.42 Å². The SMILES string of the molecule is O=C1c2cccc3c(N4CCCCC4)ccc(c23)C(=O)N1O. The second kappa shape index (κ2) is 4.81. The molecule has 0 aliphatic carbocycles. The second-order valence-electron chi connectivity index (χ2n) is 5.83. The van der Waals surface area contributed by atoms with Crippen LogP contribution in [-0.4, -0.2) is 35.2 Å². The van der Waals surface area contributed by atoms with Crippen LogP contribution in [0.5, 0.6) is 0 Å². The number of benzene rings is 2. The van der Waals surface area contributed by atoms with Crippen LogP contribution in [0.1, 0.15) is 40.0 Å². The Morgan fingerprint density at radius 1 is 0.864 bits per heavy atom. The lowest BCUT2D eigenvalue weighted by Gasteiger charge is -2.31. The Labute approximate surface area is 127 Å². The van der Waals surface area contributed by atoms with Crippen molar-refractivity contribution in [3.63, 3.8) is 0 Å². The molecule has 2 amide bonds. The molecular formula is C17H16N2O3. The van der Waals surface area contributed by atoms with E-state index in [0.29, 0.717) is 16.5 Å². The van der Waals surface area contributed by atoms with Gasteiger partial charge in [-0.05, 0) is 37.5 Å².